The first-order valence-corrected chi connectivity index (χ1v) is 7.40. The van der Waals surface area contributed by atoms with Crippen LogP contribution in [0, 0.1) is 4.77 Å². The van der Waals surface area contributed by atoms with Gasteiger partial charge in [0.1, 0.15) is 0 Å². The highest BCUT2D eigenvalue weighted by Gasteiger charge is 2.12. The molecule has 0 bridgehead atoms. The number of nitrogens with one attached hydrogen (secondary N) is 1. The summed E-state index contributed by atoms with van der Waals surface area (Å²) in [6, 6.07) is 11.8. The number of para-hydroxylation sites is 1. The van der Waals surface area contributed by atoms with Crippen LogP contribution in [0.15, 0.2) is 41.2 Å². The Balaban J connectivity index is 2.27. The van der Waals surface area contributed by atoms with Gasteiger partial charge in [0, 0.05) is 37.7 Å². The first-order valence-electron chi connectivity index (χ1n) is 7.00. The molecule has 2 aromatic heterocycles. The number of hydrogen-bond donors (Lipinski definition) is 1. The fourth-order valence-electron chi connectivity index (χ4n) is 2.67. The molecule has 0 saturated heterocycles. The molecule has 1 N–H and O–H groups in total. The van der Waals surface area contributed by atoms with Gasteiger partial charge in [-0.15, -0.1) is 0 Å². The van der Waals surface area contributed by atoms with Crippen molar-refractivity contribution in [2.75, 3.05) is 13.7 Å². The average Bonchev–Trinajstić information content (AvgIpc) is 2.83. The number of ether oxygens (including phenoxy) is 1. The first kappa shape index (κ1) is 14.7. The molecule has 5 nitrogen and oxygen atoms in total. The molecular weight excluding hydrogens is 298 g/mol. The van der Waals surface area contributed by atoms with E-state index in [0.717, 1.165) is 22.3 Å². The molecule has 2 heterocycles. The maximum absolute atomic E-state index is 11.9. The van der Waals surface area contributed by atoms with Gasteiger partial charge in [0.2, 0.25) is 0 Å². The molecule has 0 aliphatic heterocycles. The van der Waals surface area contributed by atoms with Gasteiger partial charge in [0.25, 0.3) is 5.56 Å². The highest BCUT2D eigenvalue weighted by molar-refractivity contribution is 7.71. The van der Waals surface area contributed by atoms with E-state index in [1.807, 2.05) is 23.7 Å². The number of methoxy groups -OCH3 is 1. The fourth-order valence-corrected chi connectivity index (χ4v) is 2.96. The predicted molar refractivity (Wildman–Crippen MR) is 89.7 cm³/mol. The lowest BCUT2D eigenvalue weighted by molar-refractivity contribution is 0.186. The summed E-state index contributed by atoms with van der Waals surface area (Å²) < 4.78 is 9.52. The highest BCUT2D eigenvalue weighted by atomic mass is 32.1. The van der Waals surface area contributed by atoms with Crippen LogP contribution in [0.5, 0.6) is 0 Å². The fraction of sp³-hybridized carbons (Fsp3) is 0.250. The third-order valence-electron chi connectivity index (χ3n) is 3.77. The Morgan fingerprint density at radius 2 is 2.00 bits per heavy atom. The Morgan fingerprint density at radius 1 is 1.23 bits per heavy atom. The largest absolute Gasteiger partial charge is 0.383 e. The van der Waals surface area contributed by atoms with E-state index < -0.39 is 0 Å². The second-order valence-corrected chi connectivity index (χ2v) is 5.50. The van der Waals surface area contributed by atoms with Crippen LogP contribution in [0.1, 0.15) is 0 Å². The van der Waals surface area contributed by atoms with Gasteiger partial charge in [-0.25, -0.2) is 0 Å². The molecule has 0 spiro atoms. The molecule has 22 heavy (non-hydrogen) atoms. The highest BCUT2D eigenvalue weighted by Crippen LogP contribution is 2.26. The predicted octanol–water partition coefficient (Wildman–Crippen LogP) is 2.71. The van der Waals surface area contributed by atoms with Crippen molar-refractivity contribution in [3.8, 4) is 11.4 Å². The molecule has 0 atom stereocenters. The minimum absolute atomic E-state index is 0.195. The van der Waals surface area contributed by atoms with Crippen LogP contribution in [-0.4, -0.2) is 27.8 Å². The van der Waals surface area contributed by atoms with Crippen LogP contribution < -0.4 is 5.56 Å². The molecule has 0 aliphatic rings. The van der Waals surface area contributed by atoms with Crippen molar-refractivity contribution in [3.63, 3.8) is 0 Å². The van der Waals surface area contributed by atoms with Crippen LogP contribution in [0.3, 0.4) is 0 Å². The second kappa shape index (κ2) is 5.90. The van der Waals surface area contributed by atoms with E-state index in [-0.39, 0.29) is 5.56 Å². The maximum Gasteiger partial charge on any atom is 0.252 e. The van der Waals surface area contributed by atoms with Crippen molar-refractivity contribution in [3.05, 3.63) is 51.5 Å². The van der Waals surface area contributed by atoms with Crippen LogP contribution in [-0.2, 0) is 18.3 Å². The van der Waals surface area contributed by atoms with Gasteiger partial charge in [-0.05, 0) is 24.4 Å². The van der Waals surface area contributed by atoms with Crippen LogP contribution in [0.25, 0.3) is 22.3 Å². The number of aromatic amines is 1. The van der Waals surface area contributed by atoms with Crippen molar-refractivity contribution in [1.82, 2.24) is 14.1 Å². The van der Waals surface area contributed by atoms with Crippen molar-refractivity contribution < 1.29 is 4.74 Å². The van der Waals surface area contributed by atoms with Gasteiger partial charge in [-0.3, -0.25) is 9.78 Å². The van der Waals surface area contributed by atoms with Crippen molar-refractivity contribution in [2.24, 2.45) is 7.05 Å². The standard InChI is InChI=1S/C16H17N3O2S/c1-18-12-6-4-3-5-11(12)9-13(18)14-10-15(20)17-16(22)19(14)7-8-21-2/h3-6,9-10H,7-8H2,1-2H3,(H,17,20,22). The van der Waals surface area contributed by atoms with E-state index >= 15 is 0 Å². The van der Waals surface area contributed by atoms with Crippen molar-refractivity contribution >= 4 is 23.1 Å². The zero-order valence-electron chi connectivity index (χ0n) is 12.5. The van der Waals surface area contributed by atoms with Gasteiger partial charge in [0.05, 0.1) is 18.0 Å². The molecule has 0 saturated carbocycles. The summed E-state index contributed by atoms with van der Waals surface area (Å²) in [4.78, 5) is 14.5. The summed E-state index contributed by atoms with van der Waals surface area (Å²) in [5.74, 6) is 0. The number of aryl methyl sites for hydroxylation is 1. The summed E-state index contributed by atoms with van der Waals surface area (Å²) in [6.45, 7) is 1.11. The normalized spacial score (nSPS) is 11.2. The Hall–Kier alpha value is -2.18. The lowest BCUT2D eigenvalue weighted by Gasteiger charge is -2.13. The van der Waals surface area contributed by atoms with Gasteiger partial charge >= 0.3 is 0 Å². The van der Waals surface area contributed by atoms with Gasteiger partial charge < -0.3 is 13.9 Å². The van der Waals surface area contributed by atoms with E-state index in [4.69, 9.17) is 17.0 Å². The minimum Gasteiger partial charge on any atom is -0.383 e. The van der Waals surface area contributed by atoms with E-state index in [1.165, 1.54) is 0 Å². The summed E-state index contributed by atoms with van der Waals surface area (Å²) in [7, 11) is 3.63. The molecule has 114 valence electrons. The monoisotopic (exact) mass is 315 g/mol. The zero-order chi connectivity index (χ0) is 15.7. The maximum atomic E-state index is 11.9. The van der Waals surface area contributed by atoms with Crippen LogP contribution >= 0.6 is 12.2 Å². The zero-order valence-corrected chi connectivity index (χ0v) is 13.3. The van der Waals surface area contributed by atoms with Gasteiger partial charge in [0.15, 0.2) is 4.77 Å². The number of hydrogen-bond acceptors (Lipinski definition) is 3. The Kier molecular flexibility index (Phi) is 3.96. The molecular formula is C16H17N3O2S. The van der Waals surface area contributed by atoms with E-state index in [0.29, 0.717) is 17.9 Å². The summed E-state index contributed by atoms with van der Waals surface area (Å²) in [5.41, 5.74) is 2.67. The average molecular weight is 315 g/mol. The summed E-state index contributed by atoms with van der Waals surface area (Å²) in [6.07, 6.45) is 0. The number of aromatic nitrogens is 3. The number of fused-ring (bicyclic) bond motifs is 1. The third kappa shape index (κ3) is 2.51. The molecule has 0 fully saturated rings. The first-order chi connectivity index (χ1) is 10.6. The lowest BCUT2D eigenvalue weighted by Crippen LogP contribution is -2.17. The smallest absolute Gasteiger partial charge is 0.252 e. The molecule has 3 rings (SSSR count). The summed E-state index contributed by atoms with van der Waals surface area (Å²) >= 11 is 5.31. The van der Waals surface area contributed by atoms with Crippen molar-refractivity contribution in [2.45, 2.75) is 6.54 Å². The quantitative estimate of drug-likeness (QED) is 0.753. The number of rotatable bonds is 4. The Labute approximate surface area is 132 Å². The molecule has 3 aromatic rings. The van der Waals surface area contributed by atoms with E-state index in [9.17, 15) is 4.79 Å². The Bertz CT molecular complexity index is 936. The molecule has 0 radical (unpaired) electrons. The number of H-pyrrole nitrogens is 1. The van der Waals surface area contributed by atoms with E-state index in [2.05, 4.69) is 27.8 Å². The van der Waals surface area contributed by atoms with Gasteiger partial charge in [-0.1, -0.05) is 18.2 Å². The van der Waals surface area contributed by atoms with Gasteiger partial charge in [-0.2, -0.15) is 0 Å². The SMILES string of the molecule is COCCn1c(-c2cc3ccccc3n2C)cc(=O)[nH]c1=S. The Morgan fingerprint density at radius 3 is 2.73 bits per heavy atom. The van der Waals surface area contributed by atoms with Crippen molar-refractivity contribution in [1.29, 1.82) is 0 Å². The molecule has 0 amide bonds. The topological polar surface area (TPSA) is 51.9 Å². The molecule has 0 unspecified atom stereocenters. The van der Waals surface area contributed by atoms with Crippen LogP contribution in [0.4, 0.5) is 0 Å². The molecule has 0 aliphatic carbocycles. The minimum atomic E-state index is -0.195. The molecule has 1 aromatic carbocycles. The second-order valence-electron chi connectivity index (χ2n) is 5.12. The van der Waals surface area contributed by atoms with E-state index in [1.54, 1.807) is 13.2 Å². The lowest BCUT2D eigenvalue weighted by atomic mass is 10.2. The number of benzene rings is 1. The molecule has 6 heteroatoms. The summed E-state index contributed by atoms with van der Waals surface area (Å²) in [5, 5.41) is 1.13. The number of nitrogens with zero attached hydrogens (tertiary/aromatic N) is 2. The third-order valence-corrected chi connectivity index (χ3v) is 4.09. The van der Waals surface area contributed by atoms with Crippen LogP contribution in [0.2, 0.25) is 0 Å².